The highest BCUT2D eigenvalue weighted by Gasteiger charge is 2.40. The van der Waals surface area contributed by atoms with Crippen molar-refractivity contribution in [3.8, 4) is 11.5 Å². The van der Waals surface area contributed by atoms with Crippen molar-refractivity contribution in [3.05, 3.63) is 23.8 Å². The third-order valence-corrected chi connectivity index (χ3v) is 5.48. The molecule has 2 amide bonds. The smallest absolute Gasteiger partial charge is 0.228 e. The summed E-state index contributed by atoms with van der Waals surface area (Å²) in [6.45, 7) is 6.18. The van der Waals surface area contributed by atoms with Gasteiger partial charge in [-0.1, -0.05) is 13.8 Å². The molecular formula is C21H30N2O4. The van der Waals surface area contributed by atoms with Crippen LogP contribution in [0.1, 0.15) is 44.7 Å². The molecule has 2 heterocycles. The zero-order chi connectivity index (χ0) is 19.6. The van der Waals surface area contributed by atoms with Crippen LogP contribution in [0.5, 0.6) is 11.5 Å². The average molecular weight is 374 g/mol. The second kappa shape index (κ2) is 8.19. The van der Waals surface area contributed by atoms with Gasteiger partial charge in [0.1, 0.15) is 11.5 Å². The summed E-state index contributed by atoms with van der Waals surface area (Å²) in [5.41, 5.74) is 1.01. The van der Waals surface area contributed by atoms with E-state index in [-0.39, 0.29) is 23.8 Å². The van der Waals surface area contributed by atoms with Gasteiger partial charge in [0, 0.05) is 37.7 Å². The second-order valence-electron chi connectivity index (χ2n) is 7.89. The van der Waals surface area contributed by atoms with Crippen molar-refractivity contribution in [3.63, 3.8) is 0 Å². The zero-order valence-corrected chi connectivity index (χ0v) is 16.7. The third kappa shape index (κ3) is 4.04. The second-order valence-corrected chi connectivity index (χ2v) is 7.89. The van der Waals surface area contributed by atoms with E-state index in [1.54, 1.807) is 14.2 Å². The van der Waals surface area contributed by atoms with Crippen LogP contribution in [0.4, 0.5) is 0 Å². The molecular weight excluding hydrogens is 344 g/mol. The Kier molecular flexibility index (Phi) is 5.92. The Hall–Kier alpha value is -2.24. The predicted octanol–water partition coefficient (Wildman–Crippen LogP) is 2.87. The van der Waals surface area contributed by atoms with E-state index < -0.39 is 0 Å². The molecule has 6 heteroatoms. The maximum absolute atomic E-state index is 13.2. The molecule has 6 nitrogen and oxygen atoms in total. The molecule has 0 bridgehead atoms. The van der Waals surface area contributed by atoms with Gasteiger partial charge in [0.05, 0.1) is 26.2 Å². The fourth-order valence-corrected chi connectivity index (χ4v) is 4.24. The first kappa shape index (κ1) is 19.5. The first-order valence-electron chi connectivity index (χ1n) is 9.74. The number of methoxy groups -OCH3 is 2. The lowest BCUT2D eigenvalue weighted by molar-refractivity contribution is -0.136. The molecule has 27 heavy (non-hydrogen) atoms. The van der Waals surface area contributed by atoms with E-state index in [4.69, 9.17) is 9.47 Å². The van der Waals surface area contributed by atoms with Gasteiger partial charge in [0.25, 0.3) is 0 Å². The Balaban J connectivity index is 1.77. The van der Waals surface area contributed by atoms with Gasteiger partial charge >= 0.3 is 0 Å². The maximum Gasteiger partial charge on any atom is 0.228 e. The number of ether oxygens (including phenoxy) is 2. The van der Waals surface area contributed by atoms with E-state index in [2.05, 4.69) is 13.8 Å². The zero-order valence-electron chi connectivity index (χ0n) is 16.7. The number of carbonyl (C=O) groups excluding carboxylic acids is 2. The number of benzene rings is 1. The van der Waals surface area contributed by atoms with Crippen LogP contribution in [0.3, 0.4) is 0 Å². The Bertz CT molecular complexity index is 703. The van der Waals surface area contributed by atoms with Gasteiger partial charge in [-0.25, -0.2) is 0 Å². The van der Waals surface area contributed by atoms with Crippen molar-refractivity contribution in [2.45, 2.75) is 39.2 Å². The van der Waals surface area contributed by atoms with Crippen molar-refractivity contribution < 1.29 is 19.1 Å². The van der Waals surface area contributed by atoms with Crippen molar-refractivity contribution in [2.24, 2.45) is 11.8 Å². The molecule has 148 valence electrons. The number of carbonyl (C=O) groups is 2. The number of likely N-dealkylation sites (tertiary alicyclic amines) is 2. The number of rotatable bonds is 6. The lowest BCUT2D eigenvalue weighted by atomic mass is 10.0. The normalized spacial score (nSPS) is 22.6. The molecule has 0 spiro atoms. The molecule has 1 aromatic carbocycles. The van der Waals surface area contributed by atoms with Gasteiger partial charge in [-0.15, -0.1) is 0 Å². The van der Waals surface area contributed by atoms with E-state index in [0.717, 1.165) is 43.0 Å². The summed E-state index contributed by atoms with van der Waals surface area (Å²) in [5.74, 6) is 1.84. The highest BCUT2D eigenvalue weighted by molar-refractivity contribution is 5.89. The van der Waals surface area contributed by atoms with Crippen LogP contribution in [-0.4, -0.2) is 55.5 Å². The molecule has 0 unspecified atom stereocenters. The van der Waals surface area contributed by atoms with E-state index >= 15 is 0 Å². The molecule has 2 saturated heterocycles. The van der Waals surface area contributed by atoms with Gasteiger partial charge in [0.15, 0.2) is 0 Å². The Labute approximate surface area is 161 Å². The summed E-state index contributed by atoms with van der Waals surface area (Å²) in [5, 5.41) is 0. The first-order valence-corrected chi connectivity index (χ1v) is 9.74. The monoisotopic (exact) mass is 374 g/mol. The minimum Gasteiger partial charge on any atom is -0.497 e. The van der Waals surface area contributed by atoms with E-state index in [9.17, 15) is 9.59 Å². The van der Waals surface area contributed by atoms with Crippen LogP contribution in [0.2, 0.25) is 0 Å². The summed E-state index contributed by atoms with van der Waals surface area (Å²) in [6, 6.07) is 5.74. The van der Waals surface area contributed by atoms with Crippen molar-refractivity contribution in [1.29, 1.82) is 0 Å². The van der Waals surface area contributed by atoms with Gasteiger partial charge < -0.3 is 19.3 Å². The van der Waals surface area contributed by atoms with Crippen molar-refractivity contribution >= 4 is 11.8 Å². The molecule has 2 aliphatic rings. The summed E-state index contributed by atoms with van der Waals surface area (Å²) in [7, 11) is 3.26. The Morgan fingerprint density at radius 1 is 1.26 bits per heavy atom. The van der Waals surface area contributed by atoms with Crippen molar-refractivity contribution in [2.75, 3.05) is 33.9 Å². The SMILES string of the molecule is COc1ccc([C@@H]2CCCN2C(=O)[C@H]2CC(=O)N(CC(C)C)C2)c(OC)c1. The molecule has 2 atom stereocenters. The Morgan fingerprint density at radius 3 is 2.70 bits per heavy atom. The fourth-order valence-electron chi connectivity index (χ4n) is 4.24. The quantitative estimate of drug-likeness (QED) is 0.768. The minimum atomic E-state index is -0.235. The summed E-state index contributed by atoms with van der Waals surface area (Å²) in [4.78, 5) is 29.3. The molecule has 0 aliphatic carbocycles. The maximum atomic E-state index is 13.2. The molecule has 0 radical (unpaired) electrons. The highest BCUT2D eigenvalue weighted by Crippen LogP contribution is 2.40. The number of nitrogens with zero attached hydrogens (tertiary/aromatic N) is 2. The van der Waals surface area contributed by atoms with Crippen LogP contribution in [0.15, 0.2) is 18.2 Å². The summed E-state index contributed by atoms with van der Waals surface area (Å²) in [6.07, 6.45) is 2.20. The largest absolute Gasteiger partial charge is 0.497 e. The summed E-state index contributed by atoms with van der Waals surface area (Å²) >= 11 is 0. The fraction of sp³-hybridized carbons (Fsp3) is 0.619. The minimum absolute atomic E-state index is 0.00685. The molecule has 2 fully saturated rings. The molecule has 0 aromatic heterocycles. The predicted molar refractivity (Wildman–Crippen MR) is 103 cm³/mol. The van der Waals surface area contributed by atoms with Crippen molar-refractivity contribution in [1.82, 2.24) is 9.80 Å². The molecule has 3 rings (SSSR count). The van der Waals surface area contributed by atoms with Crippen LogP contribution < -0.4 is 9.47 Å². The summed E-state index contributed by atoms with van der Waals surface area (Å²) < 4.78 is 10.8. The van der Waals surface area contributed by atoms with Crippen LogP contribution >= 0.6 is 0 Å². The number of hydrogen-bond donors (Lipinski definition) is 0. The highest BCUT2D eigenvalue weighted by atomic mass is 16.5. The molecule has 0 saturated carbocycles. The third-order valence-electron chi connectivity index (χ3n) is 5.48. The van der Waals surface area contributed by atoms with Gasteiger partial charge in [-0.2, -0.15) is 0 Å². The van der Waals surface area contributed by atoms with Gasteiger partial charge in [0.2, 0.25) is 11.8 Å². The standard InChI is InChI=1S/C21H30N2O4/c1-14(2)12-22-13-15(10-20(22)24)21(25)23-9-5-6-18(23)17-8-7-16(26-3)11-19(17)27-4/h7-8,11,14-15,18H,5-6,9-10,12-13H2,1-4H3/t15-,18-/m0/s1. The number of hydrogen-bond acceptors (Lipinski definition) is 4. The van der Waals surface area contributed by atoms with E-state index in [1.807, 2.05) is 28.0 Å². The van der Waals surface area contributed by atoms with Gasteiger partial charge in [-0.05, 0) is 30.9 Å². The average Bonchev–Trinajstić information content (AvgIpc) is 3.27. The van der Waals surface area contributed by atoms with Crippen LogP contribution in [0.25, 0.3) is 0 Å². The first-order chi connectivity index (χ1) is 12.9. The lowest BCUT2D eigenvalue weighted by Gasteiger charge is -2.29. The van der Waals surface area contributed by atoms with Crippen LogP contribution in [0, 0.1) is 11.8 Å². The molecule has 1 aromatic rings. The molecule has 2 aliphatic heterocycles. The van der Waals surface area contributed by atoms with E-state index in [0.29, 0.717) is 18.9 Å². The molecule has 0 N–H and O–H groups in total. The van der Waals surface area contributed by atoms with Crippen LogP contribution in [-0.2, 0) is 9.59 Å². The van der Waals surface area contributed by atoms with E-state index in [1.165, 1.54) is 0 Å². The lowest BCUT2D eigenvalue weighted by Crippen LogP contribution is -2.37. The Morgan fingerprint density at radius 2 is 2.04 bits per heavy atom. The topological polar surface area (TPSA) is 59.1 Å². The number of amides is 2. The van der Waals surface area contributed by atoms with Gasteiger partial charge in [-0.3, -0.25) is 9.59 Å².